The Labute approximate surface area is 165 Å². The number of nitrogens with one attached hydrogen (secondary N) is 2. The molecule has 0 radical (unpaired) electrons. The number of rotatable bonds is 8. The van der Waals surface area contributed by atoms with Crippen molar-refractivity contribution in [1.82, 2.24) is 25.4 Å². The van der Waals surface area contributed by atoms with E-state index in [9.17, 15) is 9.59 Å². The summed E-state index contributed by atoms with van der Waals surface area (Å²) in [6.07, 6.45) is 1.45. The van der Waals surface area contributed by atoms with Crippen LogP contribution in [-0.4, -0.2) is 105 Å². The normalized spacial score (nSPS) is 18.6. The highest BCUT2D eigenvalue weighted by Gasteiger charge is 2.13. The standard InChI is InChI=1S/C19H29N5O4/c25-18(20-3-5-23-7-11-27-12-8-23)16-1-2-17(22-15-16)19(26)21-4-6-24-9-13-28-14-10-24/h1-2,15H,3-14H2,(H,20,25)(H,21,26). The number of pyridine rings is 1. The van der Waals surface area contributed by atoms with Crippen molar-refractivity contribution in [2.75, 3.05) is 78.8 Å². The molecule has 2 amide bonds. The Morgan fingerprint density at radius 2 is 1.39 bits per heavy atom. The molecule has 28 heavy (non-hydrogen) atoms. The molecule has 154 valence electrons. The van der Waals surface area contributed by atoms with E-state index < -0.39 is 0 Å². The minimum Gasteiger partial charge on any atom is -0.379 e. The first-order valence-corrected chi connectivity index (χ1v) is 9.85. The number of hydrogen-bond donors (Lipinski definition) is 2. The quantitative estimate of drug-likeness (QED) is 0.599. The molecule has 1 aromatic heterocycles. The number of carbonyl (C=O) groups is 2. The second kappa shape index (κ2) is 11.1. The van der Waals surface area contributed by atoms with E-state index in [1.165, 1.54) is 6.20 Å². The summed E-state index contributed by atoms with van der Waals surface area (Å²) in [6, 6.07) is 3.22. The first-order chi connectivity index (χ1) is 13.7. The molecule has 2 aliphatic rings. The van der Waals surface area contributed by atoms with Crippen LogP contribution in [-0.2, 0) is 9.47 Å². The summed E-state index contributed by atoms with van der Waals surface area (Å²) in [5, 5.41) is 5.75. The summed E-state index contributed by atoms with van der Waals surface area (Å²) >= 11 is 0. The van der Waals surface area contributed by atoms with Crippen LogP contribution in [0.15, 0.2) is 18.3 Å². The maximum Gasteiger partial charge on any atom is 0.269 e. The summed E-state index contributed by atoms with van der Waals surface area (Å²) in [6.45, 7) is 9.27. The van der Waals surface area contributed by atoms with Crippen LogP contribution >= 0.6 is 0 Å². The van der Waals surface area contributed by atoms with E-state index in [-0.39, 0.29) is 11.8 Å². The van der Waals surface area contributed by atoms with Gasteiger partial charge in [0.15, 0.2) is 0 Å². The topological polar surface area (TPSA) is 96.0 Å². The molecule has 2 saturated heterocycles. The van der Waals surface area contributed by atoms with Crippen molar-refractivity contribution in [3.05, 3.63) is 29.6 Å². The van der Waals surface area contributed by atoms with Crippen molar-refractivity contribution in [2.24, 2.45) is 0 Å². The third-order valence-corrected chi connectivity index (χ3v) is 4.89. The van der Waals surface area contributed by atoms with Gasteiger partial charge in [-0.3, -0.25) is 24.4 Å². The smallest absolute Gasteiger partial charge is 0.269 e. The average Bonchev–Trinajstić information content (AvgIpc) is 2.75. The predicted molar refractivity (Wildman–Crippen MR) is 103 cm³/mol. The molecule has 0 saturated carbocycles. The molecule has 0 aromatic carbocycles. The van der Waals surface area contributed by atoms with Gasteiger partial charge in [0.05, 0.1) is 32.0 Å². The molecular formula is C19H29N5O4. The van der Waals surface area contributed by atoms with Gasteiger partial charge in [0.25, 0.3) is 11.8 Å². The van der Waals surface area contributed by atoms with E-state index in [1.54, 1.807) is 12.1 Å². The van der Waals surface area contributed by atoms with E-state index in [0.717, 1.165) is 65.7 Å². The summed E-state index contributed by atoms with van der Waals surface area (Å²) < 4.78 is 10.6. The zero-order chi connectivity index (χ0) is 19.6. The first kappa shape index (κ1) is 20.7. The summed E-state index contributed by atoms with van der Waals surface area (Å²) in [4.78, 5) is 33.0. The highest BCUT2D eigenvalue weighted by molar-refractivity contribution is 5.96. The molecule has 9 heteroatoms. The molecule has 0 unspecified atom stereocenters. The van der Waals surface area contributed by atoms with Gasteiger partial charge in [0, 0.05) is 58.6 Å². The lowest BCUT2D eigenvalue weighted by molar-refractivity contribution is 0.0382. The van der Waals surface area contributed by atoms with Crippen LogP contribution in [0.3, 0.4) is 0 Å². The lowest BCUT2D eigenvalue weighted by Gasteiger charge is -2.26. The number of amides is 2. The van der Waals surface area contributed by atoms with Gasteiger partial charge >= 0.3 is 0 Å². The molecule has 3 heterocycles. The van der Waals surface area contributed by atoms with Gasteiger partial charge in [-0.1, -0.05) is 0 Å². The van der Waals surface area contributed by atoms with Crippen LogP contribution in [0.5, 0.6) is 0 Å². The van der Waals surface area contributed by atoms with E-state index in [0.29, 0.717) is 24.3 Å². The second-order valence-electron chi connectivity index (χ2n) is 6.85. The van der Waals surface area contributed by atoms with Crippen molar-refractivity contribution >= 4 is 11.8 Å². The monoisotopic (exact) mass is 391 g/mol. The van der Waals surface area contributed by atoms with Gasteiger partial charge in [0.1, 0.15) is 5.69 Å². The number of morpholine rings is 2. The van der Waals surface area contributed by atoms with Crippen molar-refractivity contribution in [3.8, 4) is 0 Å². The lowest BCUT2D eigenvalue weighted by Crippen LogP contribution is -2.41. The average molecular weight is 391 g/mol. The van der Waals surface area contributed by atoms with Crippen molar-refractivity contribution in [3.63, 3.8) is 0 Å². The highest BCUT2D eigenvalue weighted by Crippen LogP contribution is 2.02. The van der Waals surface area contributed by atoms with E-state index >= 15 is 0 Å². The van der Waals surface area contributed by atoms with Crippen LogP contribution < -0.4 is 10.6 Å². The predicted octanol–water partition coefficient (Wildman–Crippen LogP) is -0.794. The second-order valence-corrected chi connectivity index (χ2v) is 6.85. The fraction of sp³-hybridized carbons (Fsp3) is 0.632. The molecule has 2 fully saturated rings. The summed E-state index contributed by atoms with van der Waals surface area (Å²) in [5.41, 5.74) is 0.763. The minimum absolute atomic E-state index is 0.181. The van der Waals surface area contributed by atoms with E-state index in [4.69, 9.17) is 9.47 Å². The molecular weight excluding hydrogens is 362 g/mol. The summed E-state index contributed by atoms with van der Waals surface area (Å²) in [5.74, 6) is -0.410. The molecule has 0 spiro atoms. The molecule has 2 N–H and O–H groups in total. The minimum atomic E-state index is -0.229. The number of hydrogen-bond acceptors (Lipinski definition) is 7. The maximum absolute atomic E-state index is 12.2. The van der Waals surface area contributed by atoms with Gasteiger partial charge < -0.3 is 20.1 Å². The fourth-order valence-electron chi connectivity index (χ4n) is 3.16. The van der Waals surface area contributed by atoms with Crippen LogP contribution in [0.4, 0.5) is 0 Å². The van der Waals surface area contributed by atoms with E-state index in [1.807, 2.05) is 0 Å². The fourth-order valence-corrected chi connectivity index (χ4v) is 3.16. The maximum atomic E-state index is 12.2. The van der Waals surface area contributed by atoms with Gasteiger partial charge in [-0.15, -0.1) is 0 Å². The third-order valence-electron chi connectivity index (χ3n) is 4.89. The van der Waals surface area contributed by atoms with Crippen LogP contribution in [0.25, 0.3) is 0 Å². The van der Waals surface area contributed by atoms with Crippen LogP contribution in [0.1, 0.15) is 20.8 Å². The zero-order valence-electron chi connectivity index (χ0n) is 16.2. The number of aromatic nitrogens is 1. The Bertz CT molecular complexity index is 573. The van der Waals surface area contributed by atoms with Gasteiger partial charge in [0.2, 0.25) is 0 Å². The van der Waals surface area contributed by atoms with Crippen molar-refractivity contribution < 1.29 is 19.1 Å². The lowest BCUT2D eigenvalue weighted by atomic mass is 10.2. The Balaban J connectivity index is 1.36. The Morgan fingerprint density at radius 3 is 1.89 bits per heavy atom. The van der Waals surface area contributed by atoms with Crippen LogP contribution in [0, 0.1) is 0 Å². The number of nitrogens with zero attached hydrogens (tertiary/aromatic N) is 3. The SMILES string of the molecule is O=C(NCCN1CCOCC1)c1ccc(C(=O)NCCN2CCOCC2)nc1. The molecule has 3 rings (SSSR count). The number of ether oxygens (including phenoxy) is 2. The van der Waals surface area contributed by atoms with Crippen molar-refractivity contribution in [1.29, 1.82) is 0 Å². The Kier molecular flexibility index (Phi) is 8.16. The third kappa shape index (κ3) is 6.52. The molecule has 0 atom stereocenters. The van der Waals surface area contributed by atoms with Crippen molar-refractivity contribution in [2.45, 2.75) is 0 Å². The number of carbonyl (C=O) groups excluding carboxylic acids is 2. The van der Waals surface area contributed by atoms with Gasteiger partial charge in [-0.2, -0.15) is 0 Å². The zero-order valence-corrected chi connectivity index (χ0v) is 16.2. The van der Waals surface area contributed by atoms with E-state index in [2.05, 4.69) is 25.4 Å². The molecule has 9 nitrogen and oxygen atoms in total. The molecule has 0 bridgehead atoms. The van der Waals surface area contributed by atoms with Crippen LogP contribution in [0.2, 0.25) is 0 Å². The van der Waals surface area contributed by atoms with Gasteiger partial charge in [-0.25, -0.2) is 0 Å². The first-order valence-electron chi connectivity index (χ1n) is 9.85. The Hall–Kier alpha value is -2.07. The largest absolute Gasteiger partial charge is 0.379 e. The molecule has 0 aliphatic carbocycles. The molecule has 2 aliphatic heterocycles. The summed E-state index contributed by atoms with van der Waals surface area (Å²) in [7, 11) is 0. The Morgan fingerprint density at radius 1 is 0.857 bits per heavy atom. The van der Waals surface area contributed by atoms with Gasteiger partial charge in [-0.05, 0) is 12.1 Å². The highest BCUT2D eigenvalue weighted by atomic mass is 16.5. The molecule has 1 aromatic rings.